The molecule has 0 aromatic rings. The molecule has 0 aromatic carbocycles. The molecule has 0 saturated carbocycles. The van der Waals surface area contributed by atoms with Crippen molar-refractivity contribution in [2.75, 3.05) is 13.1 Å². The van der Waals surface area contributed by atoms with E-state index in [-0.39, 0.29) is 5.91 Å². The molecule has 1 atom stereocenters. The molecule has 0 radical (unpaired) electrons. The van der Waals surface area contributed by atoms with Crippen LogP contribution in [0.4, 0.5) is 0 Å². The Labute approximate surface area is 91.6 Å². The summed E-state index contributed by atoms with van der Waals surface area (Å²) in [6.45, 7) is 8.41. The summed E-state index contributed by atoms with van der Waals surface area (Å²) >= 11 is 0. The van der Waals surface area contributed by atoms with Crippen LogP contribution in [0.15, 0.2) is 0 Å². The Morgan fingerprint density at radius 1 is 1.20 bits per heavy atom. The fourth-order valence-corrected chi connectivity index (χ4v) is 1.43. The van der Waals surface area contributed by atoms with E-state index in [1.807, 2.05) is 13.8 Å². The Hall–Kier alpha value is -1.06. The first-order valence-corrected chi connectivity index (χ1v) is 5.48. The monoisotopic (exact) mass is 215 g/mol. The fourth-order valence-electron chi connectivity index (χ4n) is 1.43. The Bertz CT molecular complexity index is 210. The van der Waals surface area contributed by atoms with Crippen molar-refractivity contribution in [2.45, 2.75) is 46.6 Å². The van der Waals surface area contributed by atoms with Gasteiger partial charge in [-0.15, -0.1) is 0 Å². The van der Waals surface area contributed by atoms with Crippen molar-refractivity contribution in [1.82, 2.24) is 4.90 Å². The molecule has 1 unspecified atom stereocenters. The summed E-state index contributed by atoms with van der Waals surface area (Å²) in [6.07, 6.45) is 1.16. The molecule has 0 aromatic heterocycles. The van der Waals surface area contributed by atoms with E-state index in [9.17, 15) is 9.59 Å². The van der Waals surface area contributed by atoms with Crippen LogP contribution < -0.4 is 0 Å². The molecule has 0 aliphatic rings. The van der Waals surface area contributed by atoms with Crippen LogP contribution in [-0.4, -0.2) is 36.0 Å². The van der Waals surface area contributed by atoms with Crippen LogP contribution >= 0.6 is 0 Å². The van der Waals surface area contributed by atoms with Crippen molar-refractivity contribution >= 4 is 11.9 Å². The van der Waals surface area contributed by atoms with Gasteiger partial charge in [-0.05, 0) is 19.8 Å². The van der Waals surface area contributed by atoms with Crippen molar-refractivity contribution < 1.29 is 14.3 Å². The van der Waals surface area contributed by atoms with Crippen LogP contribution in [0.2, 0.25) is 0 Å². The Kier molecular flexibility index (Phi) is 6.75. The zero-order valence-corrected chi connectivity index (χ0v) is 10.1. The van der Waals surface area contributed by atoms with E-state index in [0.717, 1.165) is 25.9 Å². The first kappa shape index (κ1) is 13.9. The molecule has 4 nitrogen and oxygen atoms in total. The molecule has 0 aliphatic carbocycles. The van der Waals surface area contributed by atoms with Gasteiger partial charge in [0.2, 0.25) is 0 Å². The summed E-state index contributed by atoms with van der Waals surface area (Å²) < 4.78 is 4.86. The summed E-state index contributed by atoms with van der Waals surface area (Å²) in [6, 6.07) is 0. The fraction of sp³-hybridized carbons (Fsp3) is 0.818. The second kappa shape index (κ2) is 7.26. The highest BCUT2D eigenvalue weighted by Crippen LogP contribution is 2.02. The molecule has 4 heteroatoms. The van der Waals surface area contributed by atoms with E-state index in [4.69, 9.17) is 4.74 Å². The van der Waals surface area contributed by atoms with E-state index in [1.165, 1.54) is 6.92 Å². The third kappa shape index (κ3) is 5.40. The summed E-state index contributed by atoms with van der Waals surface area (Å²) in [7, 11) is 0. The molecule has 88 valence electrons. The quantitative estimate of drug-likeness (QED) is 0.632. The SMILES string of the molecule is CCCN(CCC)C(=O)C(C)OC(C)=O. The van der Waals surface area contributed by atoms with E-state index in [1.54, 1.807) is 11.8 Å². The standard InChI is InChI=1S/C11H21NO3/c1-5-7-12(8-6-2)11(14)9(3)15-10(4)13/h9H,5-8H2,1-4H3. The molecule has 15 heavy (non-hydrogen) atoms. The van der Waals surface area contributed by atoms with E-state index in [2.05, 4.69) is 0 Å². The second-order valence-electron chi connectivity index (χ2n) is 3.58. The maximum absolute atomic E-state index is 11.8. The number of carbonyl (C=O) groups is 2. The highest BCUT2D eigenvalue weighted by Gasteiger charge is 2.21. The predicted octanol–water partition coefficient (Wildman–Crippen LogP) is 1.59. The lowest BCUT2D eigenvalue weighted by Gasteiger charge is -2.24. The highest BCUT2D eigenvalue weighted by atomic mass is 16.5. The van der Waals surface area contributed by atoms with Gasteiger partial charge in [-0.25, -0.2) is 0 Å². The summed E-state index contributed by atoms with van der Waals surface area (Å²) in [5, 5.41) is 0. The molecule has 0 bridgehead atoms. The van der Waals surface area contributed by atoms with Crippen molar-refractivity contribution in [3.05, 3.63) is 0 Å². The van der Waals surface area contributed by atoms with Gasteiger partial charge in [0.15, 0.2) is 6.10 Å². The molecule has 0 N–H and O–H groups in total. The zero-order valence-electron chi connectivity index (χ0n) is 10.1. The van der Waals surface area contributed by atoms with Crippen molar-refractivity contribution in [3.8, 4) is 0 Å². The van der Waals surface area contributed by atoms with Gasteiger partial charge in [-0.1, -0.05) is 13.8 Å². The van der Waals surface area contributed by atoms with Gasteiger partial charge in [-0.3, -0.25) is 9.59 Å². The number of ether oxygens (including phenoxy) is 1. The predicted molar refractivity (Wildman–Crippen MR) is 58.4 cm³/mol. The van der Waals surface area contributed by atoms with Gasteiger partial charge in [0, 0.05) is 20.0 Å². The van der Waals surface area contributed by atoms with Crippen LogP contribution in [0.25, 0.3) is 0 Å². The van der Waals surface area contributed by atoms with Gasteiger partial charge in [-0.2, -0.15) is 0 Å². The molecule has 0 heterocycles. The first-order chi connectivity index (χ1) is 7.02. The third-order valence-corrected chi connectivity index (χ3v) is 1.99. The summed E-state index contributed by atoms with van der Waals surface area (Å²) in [5.41, 5.74) is 0. The maximum atomic E-state index is 11.8. The third-order valence-electron chi connectivity index (χ3n) is 1.99. The second-order valence-corrected chi connectivity index (χ2v) is 3.58. The Morgan fingerprint density at radius 2 is 1.67 bits per heavy atom. The minimum absolute atomic E-state index is 0.103. The number of amides is 1. The molecular weight excluding hydrogens is 194 g/mol. The van der Waals surface area contributed by atoms with E-state index in [0.29, 0.717) is 0 Å². The van der Waals surface area contributed by atoms with Crippen LogP contribution in [-0.2, 0) is 14.3 Å². The average Bonchev–Trinajstić information content (AvgIpc) is 2.15. The lowest BCUT2D eigenvalue weighted by Crippen LogP contribution is -2.40. The number of carbonyl (C=O) groups excluding carboxylic acids is 2. The van der Waals surface area contributed by atoms with Crippen molar-refractivity contribution in [1.29, 1.82) is 0 Å². The van der Waals surface area contributed by atoms with Gasteiger partial charge >= 0.3 is 5.97 Å². The van der Waals surface area contributed by atoms with Gasteiger partial charge in [0.05, 0.1) is 0 Å². The van der Waals surface area contributed by atoms with Gasteiger partial charge in [0.1, 0.15) is 0 Å². The highest BCUT2D eigenvalue weighted by molar-refractivity contribution is 5.83. The lowest BCUT2D eigenvalue weighted by molar-refractivity contribution is -0.157. The molecule has 0 spiro atoms. The van der Waals surface area contributed by atoms with Crippen LogP contribution in [0.3, 0.4) is 0 Å². The van der Waals surface area contributed by atoms with E-state index < -0.39 is 12.1 Å². The van der Waals surface area contributed by atoms with Gasteiger partial charge < -0.3 is 9.64 Å². The maximum Gasteiger partial charge on any atom is 0.303 e. The summed E-state index contributed by atoms with van der Waals surface area (Å²) in [4.78, 5) is 24.3. The molecule has 1 amide bonds. The van der Waals surface area contributed by atoms with Crippen molar-refractivity contribution in [2.24, 2.45) is 0 Å². The molecule has 0 saturated heterocycles. The molecule has 0 aliphatic heterocycles. The first-order valence-electron chi connectivity index (χ1n) is 5.48. The number of hydrogen-bond acceptors (Lipinski definition) is 3. The topological polar surface area (TPSA) is 46.6 Å². The zero-order chi connectivity index (χ0) is 11.8. The Morgan fingerprint density at radius 3 is 2.00 bits per heavy atom. The van der Waals surface area contributed by atoms with Crippen LogP contribution in [0.5, 0.6) is 0 Å². The van der Waals surface area contributed by atoms with Crippen LogP contribution in [0.1, 0.15) is 40.5 Å². The average molecular weight is 215 g/mol. The van der Waals surface area contributed by atoms with E-state index >= 15 is 0 Å². The molecular formula is C11H21NO3. The normalized spacial score (nSPS) is 12.0. The number of rotatable bonds is 6. The minimum Gasteiger partial charge on any atom is -0.453 e. The number of esters is 1. The Balaban J connectivity index is 4.27. The molecule has 0 fully saturated rings. The number of hydrogen-bond donors (Lipinski definition) is 0. The van der Waals surface area contributed by atoms with Crippen molar-refractivity contribution in [3.63, 3.8) is 0 Å². The lowest BCUT2D eigenvalue weighted by atomic mass is 10.3. The minimum atomic E-state index is -0.666. The summed E-state index contributed by atoms with van der Waals surface area (Å²) in [5.74, 6) is -0.516. The van der Waals surface area contributed by atoms with Gasteiger partial charge in [0.25, 0.3) is 5.91 Å². The molecule has 0 rings (SSSR count). The smallest absolute Gasteiger partial charge is 0.303 e. The largest absolute Gasteiger partial charge is 0.453 e. The van der Waals surface area contributed by atoms with Crippen LogP contribution in [0, 0.1) is 0 Å². The number of nitrogens with zero attached hydrogens (tertiary/aromatic N) is 1.